The van der Waals surface area contributed by atoms with E-state index in [4.69, 9.17) is 0 Å². The minimum absolute atomic E-state index is 0.852. The van der Waals surface area contributed by atoms with E-state index in [1.54, 1.807) is 10.9 Å². The van der Waals surface area contributed by atoms with Gasteiger partial charge in [-0.25, -0.2) is 9.67 Å². The van der Waals surface area contributed by atoms with Gasteiger partial charge in [-0.1, -0.05) is 19.9 Å². The summed E-state index contributed by atoms with van der Waals surface area (Å²) in [6.07, 6.45) is 5.52. The third kappa shape index (κ3) is 2.42. The fourth-order valence-electron chi connectivity index (χ4n) is 1.03. The Labute approximate surface area is 84.4 Å². The molecule has 0 unspecified atom stereocenters. The van der Waals surface area contributed by atoms with Crippen molar-refractivity contribution in [3.63, 3.8) is 0 Å². The molecule has 0 saturated heterocycles. The highest BCUT2D eigenvalue weighted by atomic mass is 15.3. The van der Waals surface area contributed by atoms with E-state index in [0.29, 0.717) is 0 Å². The molecule has 2 heterocycles. The Morgan fingerprint density at radius 3 is 2.50 bits per heavy atom. The summed E-state index contributed by atoms with van der Waals surface area (Å²) in [4.78, 5) is 4.16. The van der Waals surface area contributed by atoms with Crippen LogP contribution in [0.3, 0.4) is 0 Å². The topological polar surface area (TPSA) is 30.7 Å². The molecule has 0 spiro atoms. The van der Waals surface area contributed by atoms with Gasteiger partial charge in [-0.2, -0.15) is 5.10 Å². The lowest BCUT2D eigenvalue weighted by Crippen LogP contribution is -1.95. The van der Waals surface area contributed by atoms with Gasteiger partial charge in [0.25, 0.3) is 0 Å². The molecule has 2 rings (SSSR count). The molecular formula is C11H15N3. The van der Waals surface area contributed by atoms with Gasteiger partial charge in [0.05, 0.1) is 6.20 Å². The Morgan fingerprint density at radius 2 is 2.00 bits per heavy atom. The summed E-state index contributed by atoms with van der Waals surface area (Å²) in [6.45, 7) is 6.01. The Bertz CT molecular complexity index is 365. The fourth-order valence-corrected chi connectivity index (χ4v) is 1.03. The van der Waals surface area contributed by atoms with Crippen molar-refractivity contribution in [3.05, 3.63) is 42.4 Å². The summed E-state index contributed by atoms with van der Waals surface area (Å²) in [7, 11) is 0. The van der Waals surface area contributed by atoms with Crippen molar-refractivity contribution in [2.75, 3.05) is 0 Å². The Morgan fingerprint density at radius 1 is 1.21 bits per heavy atom. The first-order chi connectivity index (χ1) is 6.86. The predicted molar refractivity (Wildman–Crippen MR) is 57.4 cm³/mol. The lowest BCUT2D eigenvalue weighted by Gasteiger charge is -1.96. The van der Waals surface area contributed by atoms with Crippen molar-refractivity contribution in [1.29, 1.82) is 0 Å². The first-order valence-electron chi connectivity index (χ1n) is 4.79. The Kier molecular flexibility index (Phi) is 3.85. The molecule has 0 aliphatic heterocycles. The molecule has 0 amide bonds. The van der Waals surface area contributed by atoms with Gasteiger partial charge >= 0.3 is 0 Å². The highest BCUT2D eigenvalue weighted by Gasteiger charge is 1.96. The smallest absolute Gasteiger partial charge is 0.153 e. The molecular weight excluding hydrogens is 174 g/mol. The van der Waals surface area contributed by atoms with E-state index in [-0.39, 0.29) is 0 Å². The summed E-state index contributed by atoms with van der Waals surface area (Å²) in [5.41, 5.74) is 1.14. The molecule has 74 valence electrons. The average Bonchev–Trinajstić information content (AvgIpc) is 2.69. The van der Waals surface area contributed by atoms with E-state index < -0.39 is 0 Å². The zero-order chi connectivity index (χ0) is 10.4. The standard InChI is InChI=1S/C9H9N3.C2H6/c1-8-6-11-12(7-8)9-4-2-3-5-10-9;1-2/h2-7H,1H3;1-2H3. The van der Waals surface area contributed by atoms with Crippen molar-refractivity contribution in [2.24, 2.45) is 0 Å². The maximum Gasteiger partial charge on any atom is 0.153 e. The number of aromatic nitrogens is 3. The SMILES string of the molecule is CC.Cc1cnn(-c2ccccn2)c1. The van der Waals surface area contributed by atoms with Gasteiger partial charge in [-0.15, -0.1) is 0 Å². The van der Waals surface area contributed by atoms with Crippen LogP contribution in [0, 0.1) is 6.92 Å². The third-order valence-electron chi connectivity index (χ3n) is 1.60. The van der Waals surface area contributed by atoms with Crippen molar-refractivity contribution >= 4 is 0 Å². The van der Waals surface area contributed by atoms with Gasteiger partial charge in [0.15, 0.2) is 5.82 Å². The molecule has 2 aromatic rings. The second kappa shape index (κ2) is 5.17. The maximum absolute atomic E-state index is 4.16. The molecule has 2 aromatic heterocycles. The number of rotatable bonds is 1. The van der Waals surface area contributed by atoms with Gasteiger partial charge in [-0.3, -0.25) is 0 Å². The van der Waals surface area contributed by atoms with E-state index in [9.17, 15) is 0 Å². The van der Waals surface area contributed by atoms with Gasteiger partial charge in [0.2, 0.25) is 0 Å². The molecule has 0 saturated carbocycles. The van der Waals surface area contributed by atoms with Gasteiger partial charge in [0.1, 0.15) is 0 Å². The molecule has 14 heavy (non-hydrogen) atoms. The van der Waals surface area contributed by atoms with Crippen molar-refractivity contribution in [3.8, 4) is 5.82 Å². The van der Waals surface area contributed by atoms with Crippen LogP contribution >= 0.6 is 0 Å². The van der Waals surface area contributed by atoms with Crippen LogP contribution in [0.1, 0.15) is 19.4 Å². The van der Waals surface area contributed by atoms with Crippen molar-refractivity contribution in [2.45, 2.75) is 20.8 Å². The van der Waals surface area contributed by atoms with E-state index in [0.717, 1.165) is 11.4 Å². The average molecular weight is 189 g/mol. The summed E-state index contributed by atoms with van der Waals surface area (Å²) in [6, 6.07) is 5.76. The quantitative estimate of drug-likeness (QED) is 0.690. The third-order valence-corrected chi connectivity index (χ3v) is 1.60. The van der Waals surface area contributed by atoms with Crippen LogP contribution in [0.15, 0.2) is 36.8 Å². The van der Waals surface area contributed by atoms with Crippen LogP contribution in [0.5, 0.6) is 0 Å². The molecule has 0 N–H and O–H groups in total. The normalized spacial score (nSPS) is 9.07. The van der Waals surface area contributed by atoms with E-state index in [2.05, 4.69) is 10.1 Å². The number of aryl methyl sites for hydroxylation is 1. The molecule has 3 heteroatoms. The molecule has 0 aliphatic rings. The highest BCUT2D eigenvalue weighted by Crippen LogP contribution is 2.02. The molecule has 0 fully saturated rings. The molecule has 0 aromatic carbocycles. The lowest BCUT2D eigenvalue weighted by atomic mass is 10.4. The van der Waals surface area contributed by atoms with Crippen LogP contribution in [-0.2, 0) is 0 Å². The van der Waals surface area contributed by atoms with E-state index in [1.165, 1.54) is 0 Å². The van der Waals surface area contributed by atoms with Gasteiger partial charge in [-0.05, 0) is 24.6 Å². The van der Waals surface area contributed by atoms with Gasteiger partial charge in [0, 0.05) is 12.4 Å². The predicted octanol–water partition coefficient (Wildman–Crippen LogP) is 2.60. The van der Waals surface area contributed by atoms with E-state index in [1.807, 2.05) is 51.4 Å². The molecule has 0 aliphatic carbocycles. The number of pyridine rings is 1. The molecule has 0 atom stereocenters. The Balaban J connectivity index is 0.000000461. The molecule has 0 bridgehead atoms. The van der Waals surface area contributed by atoms with Crippen molar-refractivity contribution in [1.82, 2.24) is 14.8 Å². The number of hydrogen-bond acceptors (Lipinski definition) is 2. The zero-order valence-corrected chi connectivity index (χ0v) is 8.81. The Hall–Kier alpha value is -1.64. The van der Waals surface area contributed by atoms with Crippen LogP contribution in [0.25, 0.3) is 5.82 Å². The summed E-state index contributed by atoms with van der Waals surface area (Å²) in [5.74, 6) is 0.852. The van der Waals surface area contributed by atoms with Crippen LogP contribution in [-0.4, -0.2) is 14.8 Å². The number of hydrogen-bond donors (Lipinski definition) is 0. The lowest BCUT2D eigenvalue weighted by molar-refractivity contribution is 0.846. The summed E-state index contributed by atoms with van der Waals surface area (Å²) < 4.78 is 1.76. The summed E-state index contributed by atoms with van der Waals surface area (Å²) in [5, 5.41) is 4.14. The zero-order valence-electron chi connectivity index (χ0n) is 8.81. The van der Waals surface area contributed by atoms with Crippen LogP contribution < -0.4 is 0 Å². The first kappa shape index (κ1) is 10.4. The highest BCUT2D eigenvalue weighted by molar-refractivity contribution is 5.21. The fraction of sp³-hybridized carbons (Fsp3) is 0.273. The minimum Gasteiger partial charge on any atom is -0.237 e. The molecule has 3 nitrogen and oxygen atoms in total. The number of nitrogens with zero attached hydrogens (tertiary/aromatic N) is 3. The van der Waals surface area contributed by atoms with Crippen LogP contribution in [0.4, 0.5) is 0 Å². The molecule has 0 radical (unpaired) electrons. The van der Waals surface area contributed by atoms with Gasteiger partial charge < -0.3 is 0 Å². The summed E-state index contributed by atoms with van der Waals surface area (Å²) >= 11 is 0. The van der Waals surface area contributed by atoms with E-state index >= 15 is 0 Å². The maximum atomic E-state index is 4.16. The first-order valence-corrected chi connectivity index (χ1v) is 4.79. The van der Waals surface area contributed by atoms with Crippen molar-refractivity contribution < 1.29 is 0 Å². The second-order valence-electron chi connectivity index (χ2n) is 2.65. The minimum atomic E-state index is 0.852. The monoisotopic (exact) mass is 189 g/mol. The van der Waals surface area contributed by atoms with Crippen LogP contribution in [0.2, 0.25) is 0 Å². The largest absolute Gasteiger partial charge is 0.237 e. The second-order valence-corrected chi connectivity index (χ2v) is 2.65.